The van der Waals surface area contributed by atoms with Gasteiger partial charge in [0.2, 0.25) is 0 Å². The summed E-state index contributed by atoms with van der Waals surface area (Å²) < 4.78 is 21.8. The van der Waals surface area contributed by atoms with Crippen LogP contribution < -0.4 is 5.73 Å². The molecule has 0 aromatic heterocycles. The molecule has 13 heavy (non-hydrogen) atoms. The molecule has 0 aliphatic rings. The van der Waals surface area contributed by atoms with Crippen LogP contribution in [-0.2, 0) is 9.84 Å². The number of hydrogen-bond acceptors (Lipinski definition) is 3. The molecule has 4 heteroatoms. The van der Waals surface area contributed by atoms with Gasteiger partial charge in [0.1, 0.15) is 9.84 Å². The van der Waals surface area contributed by atoms with Crippen LogP contribution in [0.4, 0.5) is 0 Å². The van der Waals surface area contributed by atoms with Crippen LogP contribution in [-0.4, -0.2) is 26.0 Å². The Balaban J connectivity index is 3.89. The third kappa shape index (κ3) is 8.25. The summed E-state index contributed by atoms with van der Waals surface area (Å²) >= 11 is 0. The summed E-state index contributed by atoms with van der Waals surface area (Å²) in [5.74, 6) is 0.198. The van der Waals surface area contributed by atoms with Gasteiger partial charge in [-0.1, -0.05) is 19.8 Å². The van der Waals surface area contributed by atoms with Gasteiger partial charge in [-0.3, -0.25) is 0 Å². The first-order valence-electron chi connectivity index (χ1n) is 4.73. The van der Waals surface area contributed by atoms with E-state index in [1.807, 2.05) is 6.92 Å². The molecule has 0 rings (SSSR count). The lowest BCUT2D eigenvalue weighted by molar-refractivity contribution is 0.403. The summed E-state index contributed by atoms with van der Waals surface area (Å²) in [6.45, 7) is 4.03. The van der Waals surface area contributed by atoms with Crippen LogP contribution in [0.1, 0.15) is 39.5 Å². The zero-order valence-electron chi connectivity index (χ0n) is 8.84. The van der Waals surface area contributed by atoms with Crippen molar-refractivity contribution in [2.45, 2.75) is 45.1 Å². The first-order valence-corrected chi connectivity index (χ1v) is 6.79. The van der Waals surface area contributed by atoms with Crippen molar-refractivity contribution in [3.05, 3.63) is 0 Å². The molecule has 0 aromatic carbocycles. The molecule has 0 unspecified atom stereocenters. The van der Waals surface area contributed by atoms with Crippen molar-refractivity contribution in [3.8, 4) is 0 Å². The van der Waals surface area contributed by atoms with E-state index in [-0.39, 0.29) is 11.3 Å². The molecule has 0 bridgehead atoms. The second-order valence-corrected chi connectivity index (χ2v) is 6.40. The Morgan fingerprint density at radius 2 is 1.85 bits per heavy atom. The largest absolute Gasteiger partial charge is 0.325 e. The fourth-order valence-corrected chi connectivity index (χ4v) is 1.96. The summed E-state index contributed by atoms with van der Waals surface area (Å²) in [6.07, 6.45) is 4.89. The molecule has 2 N–H and O–H groups in total. The molecule has 0 spiro atoms. The van der Waals surface area contributed by atoms with Crippen LogP contribution in [0, 0.1) is 0 Å². The molecule has 1 atom stereocenters. The van der Waals surface area contributed by atoms with E-state index in [0.717, 1.165) is 19.3 Å². The molecule has 0 heterocycles. The molecular formula is C9H21NO2S. The Hall–Kier alpha value is -0.0900. The molecule has 0 amide bonds. The van der Waals surface area contributed by atoms with Crippen molar-refractivity contribution in [2.24, 2.45) is 5.73 Å². The predicted octanol–water partition coefficient (Wildman–Crippen LogP) is 1.33. The first kappa shape index (κ1) is 12.9. The smallest absolute Gasteiger partial charge is 0.147 e. The second kappa shape index (κ2) is 4.96. The Morgan fingerprint density at radius 1 is 1.31 bits per heavy atom. The minimum absolute atomic E-state index is 0.198. The van der Waals surface area contributed by atoms with Gasteiger partial charge >= 0.3 is 0 Å². The number of nitrogens with two attached hydrogens (primary N) is 1. The topological polar surface area (TPSA) is 60.2 Å². The number of hydrogen-bond donors (Lipinski definition) is 1. The van der Waals surface area contributed by atoms with Gasteiger partial charge in [-0.25, -0.2) is 8.42 Å². The van der Waals surface area contributed by atoms with Gasteiger partial charge in [0.25, 0.3) is 0 Å². The summed E-state index contributed by atoms with van der Waals surface area (Å²) in [5.41, 5.74) is 5.63. The van der Waals surface area contributed by atoms with Gasteiger partial charge in [-0.2, -0.15) is 0 Å². The van der Waals surface area contributed by atoms with Crippen molar-refractivity contribution in [1.82, 2.24) is 0 Å². The monoisotopic (exact) mass is 207 g/mol. The van der Waals surface area contributed by atoms with E-state index >= 15 is 0 Å². The third-order valence-electron chi connectivity index (χ3n) is 2.15. The lowest BCUT2D eigenvalue weighted by Gasteiger charge is -2.23. The minimum Gasteiger partial charge on any atom is -0.325 e. The van der Waals surface area contributed by atoms with Gasteiger partial charge in [0.05, 0.1) is 5.75 Å². The molecule has 0 saturated heterocycles. The lowest BCUT2D eigenvalue weighted by Crippen LogP contribution is -2.37. The van der Waals surface area contributed by atoms with Crippen LogP contribution in [0.3, 0.4) is 0 Å². The SMILES string of the molecule is CCCC[C@@](C)(N)CCS(C)(=O)=O. The van der Waals surface area contributed by atoms with E-state index in [0.29, 0.717) is 6.42 Å². The minimum atomic E-state index is -2.86. The summed E-state index contributed by atoms with van der Waals surface area (Å²) in [6, 6.07) is 0. The van der Waals surface area contributed by atoms with E-state index in [2.05, 4.69) is 6.92 Å². The van der Waals surface area contributed by atoms with E-state index in [9.17, 15) is 8.42 Å². The standard InChI is InChI=1S/C9H21NO2S/c1-4-5-6-9(2,10)7-8-13(3,11)12/h4-8,10H2,1-3H3/t9-/m1/s1. The van der Waals surface area contributed by atoms with E-state index < -0.39 is 9.84 Å². The quantitative estimate of drug-likeness (QED) is 0.714. The van der Waals surface area contributed by atoms with Gasteiger partial charge < -0.3 is 5.73 Å². The molecule has 0 radical (unpaired) electrons. The highest BCUT2D eigenvalue weighted by Gasteiger charge is 2.19. The van der Waals surface area contributed by atoms with Crippen molar-refractivity contribution in [2.75, 3.05) is 12.0 Å². The van der Waals surface area contributed by atoms with E-state index in [1.165, 1.54) is 6.26 Å². The lowest BCUT2D eigenvalue weighted by atomic mass is 9.93. The van der Waals surface area contributed by atoms with Gasteiger partial charge in [0, 0.05) is 11.8 Å². The van der Waals surface area contributed by atoms with Crippen LogP contribution in [0.25, 0.3) is 0 Å². The molecule has 80 valence electrons. The normalized spacial score (nSPS) is 16.9. The fourth-order valence-electron chi connectivity index (χ4n) is 1.12. The average molecular weight is 207 g/mol. The average Bonchev–Trinajstić information content (AvgIpc) is 1.97. The molecule has 0 aliphatic heterocycles. The molecule has 0 aliphatic carbocycles. The van der Waals surface area contributed by atoms with Gasteiger partial charge in [0.15, 0.2) is 0 Å². The van der Waals surface area contributed by atoms with Crippen molar-refractivity contribution in [1.29, 1.82) is 0 Å². The number of rotatable bonds is 6. The maximum atomic E-state index is 10.9. The molecular weight excluding hydrogens is 186 g/mol. The van der Waals surface area contributed by atoms with Crippen LogP contribution in [0.15, 0.2) is 0 Å². The van der Waals surface area contributed by atoms with Gasteiger partial charge in [-0.05, 0) is 19.8 Å². The van der Waals surface area contributed by atoms with Crippen LogP contribution in [0.2, 0.25) is 0 Å². The Labute approximate surface area is 81.6 Å². The maximum absolute atomic E-state index is 10.9. The van der Waals surface area contributed by atoms with E-state index in [4.69, 9.17) is 5.73 Å². The highest BCUT2D eigenvalue weighted by Crippen LogP contribution is 2.15. The Morgan fingerprint density at radius 3 is 2.23 bits per heavy atom. The molecule has 3 nitrogen and oxygen atoms in total. The van der Waals surface area contributed by atoms with Gasteiger partial charge in [-0.15, -0.1) is 0 Å². The predicted molar refractivity (Wildman–Crippen MR) is 56.4 cm³/mol. The third-order valence-corrected chi connectivity index (χ3v) is 3.09. The Bertz CT molecular complexity index is 232. The second-order valence-electron chi connectivity index (χ2n) is 4.14. The molecule has 0 fully saturated rings. The summed E-state index contributed by atoms with van der Waals surface area (Å²) in [4.78, 5) is 0. The maximum Gasteiger partial charge on any atom is 0.147 e. The van der Waals surface area contributed by atoms with E-state index in [1.54, 1.807) is 0 Å². The zero-order valence-corrected chi connectivity index (χ0v) is 9.65. The number of unbranched alkanes of at least 4 members (excludes halogenated alkanes) is 1. The Kier molecular flexibility index (Phi) is 4.92. The number of sulfone groups is 1. The highest BCUT2D eigenvalue weighted by atomic mass is 32.2. The van der Waals surface area contributed by atoms with Crippen molar-refractivity contribution in [3.63, 3.8) is 0 Å². The van der Waals surface area contributed by atoms with Crippen LogP contribution >= 0.6 is 0 Å². The van der Waals surface area contributed by atoms with Crippen molar-refractivity contribution >= 4 is 9.84 Å². The molecule has 0 saturated carbocycles. The van der Waals surface area contributed by atoms with Crippen molar-refractivity contribution < 1.29 is 8.42 Å². The van der Waals surface area contributed by atoms with Crippen LogP contribution in [0.5, 0.6) is 0 Å². The summed E-state index contributed by atoms with van der Waals surface area (Å²) in [7, 11) is -2.86. The molecule has 0 aromatic rings. The zero-order chi connectivity index (χ0) is 10.5. The first-order chi connectivity index (χ1) is 5.77. The summed E-state index contributed by atoms with van der Waals surface area (Å²) in [5, 5.41) is 0. The highest BCUT2D eigenvalue weighted by molar-refractivity contribution is 7.90. The fraction of sp³-hybridized carbons (Fsp3) is 1.00.